The molecule has 6 heteroatoms. The first-order chi connectivity index (χ1) is 9.91. The summed E-state index contributed by atoms with van der Waals surface area (Å²) in [5.41, 5.74) is 1.24. The lowest BCUT2D eigenvalue weighted by Crippen LogP contribution is -2.27. The number of aromatic nitrogens is 2. The van der Waals surface area contributed by atoms with E-state index in [1.54, 1.807) is 24.5 Å². The van der Waals surface area contributed by atoms with E-state index in [9.17, 15) is 9.90 Å². The second-order valence-corrected chi connectivity index (χ2v) is 5.26. The maximum atomic E-state index is 10.6. The van der Waals surface area contributed by atoms with E-state index < -0.39 is 17.6 Å². The number of nitrogens with one attached hydrogen (secondary N) is 1. The standard InChI is InChI=1S/C15H17N3O3/c1-15(2,10-5-7-16-8-6-10)13(19)12-4-3-11(9-17-12)18-14(20)21/h3-9,13,18-19H,1-2H3,(H,20,21). The van der Waals surface area contributed by atoms with Crippen LogP contribution in [0.25, 0.3) is 0 Å². The van der Waals surface area contributed by atoms with Crippen molar-refractivity contribution in [1.82, 2.24) is 9.97 Å². The summed E-state index contributed by atoms with van der Waals surface area (Å²) in [4.78, 5) is 18.6. The highest BCUT2D eigenvalue weighted by atomic mass is 16.4. The van der Waals surface area contributed by atoms with Gasteiger partial charge in [0, 0.05) is 17.8 Å². The van der Waals surface area contributed by atoms with Crippen LogP contribution in [0, 0.1) is 0 Å². The van der Waals surface area contributed by atoms with Crippen molar-refractivity contribution in [2.24, 2.45) is 0 Å². The average molecular weight is 287 g/mol. The van der Waals surface area contributed by atoms with E-state index in [1.165, 1.54) is 6.20 Å². The fraction of sp³-hybridized carbons (Fsp3) is 0.267. The lowest BCUT2D eigenvalue weighted by atomic mass is 9.78. The topological polar surface area (TPSA) is 95.3 Å². The first kappa shape index (κ1) is 14.9. The number of hydrogen-bond acceptors (Lipinski definition) is 4. The van der Waals surface area contributed by atoms with E-state index in [0.29, 0.717) is 11.4 Å². The molecule has 110 valence electrons. The Balaban J connectivity index is 2.23. The van der Waals surface area contributed by atoms with E-state index in [1.807, 2.05) is 26.0 Å². The average Bonchev–Trinajstić information content (AvgIpc) is 2.47. The minimum Gasteiger partial charge on any atom is -0.465 e. The van der Waals surface area contributed by atoms with Crippen LogP contribution in [0.2, 0.25) is 0 Å². The zero-order chi connectivity index (χ0) is 15.5. The van der Waals surface area contributed by atoms with Gasteiger partial charge in [-0.2, -0.15) is 0 Å². The van der Waals surface area contributed by atoms with Crippen LogP contribution < -0.4 is 5.32 Å². The summed E-state index contributed by atoms with van der Waals surface area (Å²) in [7, 11) is 0. The molecule has 6 nitrogen and oxygen atoms in total. The second kappa shape index (κ2) is 5.88. The van der Waals surface area contributed by atoms with Gasteiger partial charge in [-0.05, 0) is 29.8 Å². The smallest absolute Gasteiger partial charge is 0.409 e. The Kier molecular flexibility index (Phi) is 4.18. The third-order valence-corrected chi connectivity index (χ3v) is 3.43. The van der Waals surface area contributed by atoms with Crippen molar-refractivity contribution in [3.05, 3.63) is 54.1 Å². The Hall–Kier alpha value is -2.47. The SMILES string of the molecule is CC(C)(c1ccncc1)C(O)c1ccc(NC(=O)O)cn1. The van der Waals surface area contributed by atoms with Gasteiger partial charge in [-0.3, -0.25) is 15.3 Å². The van der Waals surface area contributed by atoms with Crippen LogP contribution in [0.15, 0.2) is 42.9 Å². The number of rotatable bonds is 4. The number of anilines is 1. The Morgan fingerprint density at radius 1 is 1.24 bits per heavy atom. The number of hydrogen-bond donors (Lipinski definition) is 3. The van der Waals surface area contributed by atoms with E-state index in [0.717, 1.165) is 5.56 Å². The Bertz CT molecular complexity index is 612. The van der Waals surface area contributed by atoms with Crippen LogP contribution in [0.1, 0.15) is 31.2 Å². The minimum atomic E-state index is -1.15. The monoisotopic (exact) mass is 287 g/mol. The number of amides is 1. The van der Waals surface area contributed by atoms with Crippen LogP contribution in [-0.2, 0) is 5.41 Å². The van der Waals surface area contributed by atoms with Gasteiger partial charge in [-0.15, -0.1) is 0 Å². The van der Waals surface area contributed by atoms with E-state index in [-0.39, 0.29) is 0 Å². The molecule has 21 heavy (non-hydrogen) atoms. The maximum Gasteiger partial charge on any atom is 0.409 e. The van der Waals surface area contributed by atoms with Gasteiger partial charge in [0.15, 0.2) is 0 Å². The molecule has 0 aliphatic carbocycles. The largest absolute Gasteiger partial charge is 0.465 e. The summed E-state index contributed by atoms with van der Waals surface area (Å²) < 4.78 is 0. The zero-order valence-electron chi connectivity index (χ0n) is 11.8. The molecule has 0 spiro atoms. The van der Waals surface area contributed by atoms with Crippen LogP contribution in [0.3, 0.4) is 0 Å². The van der Waals surface area contributed by atoms with E-state index in [4.69, 9.17) is 5.11 Å². The Labute approximate surface area is 122 Å². The summed E-state index contributed by atoms with van der Waals surface area (Å²) in [5, 5.41) is 21.4. The molecular formula is C15H17N3O3. The van der Waals surface area contributed by atoms with Gasteiger partial charge in [-0.25, -0.2) is 4.79 Å². The number of carbonyl (C=O) groups is 1. The number of nitrogens with zero attached hydrogens (tertiary/aromatic N) is 2. The van der Waals surface area contributed by atoms with Crippen LogP contribution in [-0.4, -0.2) is 26.3 Å². The predicted octanol–water partition coefficient (Wildman–Crippen LogP) is 2.58. The molecule has 1 amide bonds. The molecule has 0 aliphatic heterocycles. The van der Waals surface area contributed by atoms with Crippen LogP contribution >= 0.6 is 0 Å². The molecule has 2 aromatic rings. The number of aliphatic hydroxyl groups is 1. The Morgan fingerprint density at radius 3 is 2.43 bits per heavy atom. The maximum absolute atomic E-state index is 10.6. The normalized spacial score (nSPS) is 12.7. The first-order valence-electron chi connectivity index (χ1n) is 6.45. The molecule has 2 aromatic heterocycles. The molecule has 0 radical (unpaired) electrons. The summed E-state index contributed by atoms with van der Waals surface area (Å²) >= 11 is 0. The molecule has 1 unspecified atom stereocenters. The predicted molar refractivity (Wildman–Crippen MR) is 78.1 cm³/mol. The zero-order valence-corrected chi connectivity index (χ0v) is 11.8. The quantitative estimate of drug-likeness (QED) is 0.803. The highest BCUT2D eigenvalue weighted by Crippen LogP contribution is 2.35. The molecule has 0 fully saturated rings. The lowest BCUT2D eigenvalue weighted by molar-refractivity contribution is 0.0961. The summed E-state index contributed by atoms with van der Waals surface area (Å²) in [6, 6.07) is 6.88. The Morgan fingerprint density at radius 2 is 1.90 bits per heavy atom. The van der Waals surface area contributed by atoms with Gasteiger partial charge in [0.05, 0.1) is 17.6 Å². The summed E-state index contributed by atoms with van der Waals surface area (Å²) in [6.07, 6.45) is 2.77. The van der Waals surface area contributed by atoms with Gasteiger partial charge >= 0.3 is 6.09 Å². The highest BCUT2D eigenvalue weighted by Gasteiger charge is 2.31. The number of aliphatic hydroxyl groups excluding tert-OH is 1. The van der Waals surface area contributed by atoms with Gasteiger partial charge in [0.2, 0.25) is 0 Å². The summed E-state index contributed by atoms with van der Waals surface area (Å²) in [5.74, 6) is 0. The van der Waals surface area contributed by atoms with Gasteiger partial charge in [0.25, 0.3) is 0 Å². The molecule has 0 saturated carbocycles. The number of pyridine rings is 2. The molecule has 0 saturated heterocycles. The molecule has 3 N–H and O–H groups in total. The third kappa shape index (κ3) is 3.35. The van der Waals surface area contributed by atoms with E-state index >= 15 is 0 Å². The molecule has 0 bridgehead atoms. The van der Waals surface area contributed by atoms with Crippen molar-refractivity contribution < 1.29 is 15.0 Å². The molecule has 0 aromatic carbocycles. The number of carboxylic acid groups (broad SMARTS) is 1. The molecule has 1 atom stereocenters. The second-order valence-electron chi connectivity index (χ2n) is 5.26. The highest BCUT2D eigenvalue weighted by molar-refractivity contribution is 5.82. The fourth-order valence-electron chi connectivity index (χ4n) is 2.07. The van der Waals surface area contributed by atoms with Crippen molar-refractivity contribution in [3.8, 4) is 0 Å². The van der Waals surface area contributed by atoms with E-state index in [2.05, 4.69) is 15.3 Å². The molecule has 2 heterocycles. The lowest BCUT2D eigenvalue weighted by Gasteiger charge is -2.30. The fourth-order valence-corrected chi connectivity index (χ4v) is 2.07. The first-order valence-corrected chi connectivity index (χ1v) is 6.45. The van der Waals surface area contributed by atoms with Crippen molar-refractivity contribution in [2.45, 2.75) is 25.4 Å². The van der Waals surface area contributed by atoms with Crippen LogP contribution in [0.5, 0.6) is 0 Å². The molecule has 0 aliphatic rings. The van der Waals surface area contributed by atoms with Crippen molar-refractivity contribution in [2.75, 3.05) is 5.32 Å². The van der Waals surface area contributed by atoms with Crippen molar-refractivity contribution in [1.29, 1.82) is 0 Å². The third-order valence-electron chi connectivity index (χ3n) is 3.43. The molecular weight excluding hydrogens is 270 g/mol. The van der Waals surface area contributed by atoms with Gasteiger partial charge < -0.3 is 10.2 Å². The van der Waals surface area contributed by atoms with Crippen molar-refractivity contribution in [3.63, 3.8) is 0 Å². The molecule has 2 rings (SSSR count). The van der Waals surface area contributed by atoms with Crippen LogP contribution in [0.4, 0.5) is 10.5 Å². The van der Waals surface area contributed by atoms with Gasteiger partial charge in [0.1, 0.15) is 6.10 Å². The van der Waals surface area contributed by atoms with Crippen molar-refractivity contribution >= 4 is 11.8 Å². The minimum absolute atomic E-state index is 0.361. The summed E-state index contributed by atoms with van der Waals surface area (Å²) in [6.45, 7) is 3.83. The van der Waals surface area contributed by atoms with Gasteiger partial charge in [-0.1, -0.05) is 13.8 Å².